The lowest BCUT2D eigenvalue weighted by Crippen LogP contribution is -2.44. The first-order chi connectivity index (χ1) is 7.80. The van der Waals surface area contributed by atoms with Crippen molar-refractivity contribution >= 4 is 16.0 Å². The van der Waals surface area contributed by atoms with Gasteiger partial charge in [0.15, 0.2) is 0 Å². The van der Waals surface area contributed by atoms with E-state index in [1.54, 1.807) is 0 Å². The van der Waals surface area contributed by atoms with Crippen LogP contribution in [0.2, 0.25) is 0 Å². The lowest BCUT2D eigenvalue weighted by Gasteiger charge is -2.26. The lowest BCUT2D eigenvalue weighted by molar-refractivity contribution is -0.139. The Morgan fingerprint density at radius 1 is 1.41 bits per heavy atom. The highest BCUT2D eigenvalue weighted by molar-refractivity contribution is 7.89. The molecule has 0 aliphatic heterocycles. The van der Waals surface area contributed by atoms with Crippen LogP contribution in [-0.4, -0.2) is 31.3 Å². The van der Waals surface area contributed by atoms with Crippen LogP contribution in [0, 0.1) is 11.8 Å². The predicted molar refractivity (Wildman–Crippen MR) is 65.1 cm³/mol. The van der Waals surface area contributed by atoms with Gasteiger partial charge in [-0.05, 0) is 31.1 Å². The maximum atomic E-state index is 11.8. The molecule has 1 atom stereocenters. The molecule has 5 nitrogen and oxygen atoms in total. The van der Waals surface area contributed by atoms with Gasteiger partial charge < -0.3 is 5.11 Å². The van der Waals surface area contributed by atoms with E-state index in [2.05, 4.69) is 4.72 Å². The SMILES string of the molecule is CC(C)C[C@H](NS(=O)(=O)CC1CCC1)C(=O)O. The normalized spacial score (nSPS) is 19.0. The van der Waals surface area contributed by atoms with Crippen molar-refractivity contribution in [3.63, 3.8) is 0 Å². The smallest absolute Gasteiger partial charge is 0.321 e. The molecule has 0 bridgehead atoms. The zero-order valence-corrected chi connectivity index (χ0v) is 11.2. The van der Waals surface area contributed by atoms with Crippen molar-refractivity contribution < 1.29 is 18.3 Å². The molecule has 0 aromatic carbocycles. The average Bonchev–Trinajstić information content (AvgIpc) is 2.09. The number of sulfonamides is 1. The van der Waals surface area contributed by atoms with Gasteiger partial charge in [0.05, 0.1) is 5.75 Å². The molecular weight excluding hydrogens is 242 g/mol. The number of carboxylic acid groups (broad SMARTS) is 1. The van der Waals surface area contributed by atoms with Crippen LogP contribution in [0.3, 0.4) is 0 Å². The van der Waals surface area contributed by atoms with Crippen LogP contribution in [0.25, 0.3) is 0 Å². The maximum Gasteiger partial charge on any atom is 0.321 e. The third-order valence-corrected chi connectivity index (χ3v) is 4.56. The molecule has 0 aromatic heterocycles. The molecular formula is C11H21NO4S. The van der Waals surface area contributed by atoms with Crippen LogP contribution in [0.5, 0.6) is 0 Å². The fourth-order valence-electron chi connectivity index (χ4n) is 1.91. The minimum Gasteiger partial charge on any atom is -0.480 e. The van der Waals surface area contributed by atoms with Crippen molar-refractivity contribution in [2.75, 3.05) is 5.75 Å². The Balaban J connectivity index is 2.54. The molecule has 2 N–H and O–H groups in total. The molecule has 0 unspecified atom stereocenters. The summed E-state index contributed by atoms with van der Waals surface area (Å²) in [6.45, 7) is 3.74. The summed E-state index contributed by atoms with van der Waals surface area (Å²) in [5, 5.41) is 8.96. The van der Waals surface area contributed by atoms with Gasteiger partial charge in [-0.25, -0.2) is 13.1 Å². The van der Waals surface area contributed by atoms with Crippen molar-refractivity contribution in [1.82, 2.24) is 4.72 Å². The third kappa shape index (κ3) is 5.04. The first kappa shape index (κ1) is 14.4. The highest BCUT2D eigenvalue weighted by Crippen LogP contribution is 2.27. The summed E-state index contributed by atoms with van der Waals surface area (Å²) in [5.74, 6) is -0.686. The number of aliphatic carboxylic acids is 1. The van der Waals surface area contributed by atoms with Crippen LogP contribution in [0.15, 0.2) is 0 Å². The highest BCUT2D eigenvalue weighted by Gasteiger charge is 2.29. The lowest BCUT2D eigenvalue weighted by atomic mass is 9.87. The molecule has 0 spiro atoms. The van der Waals surface area contributed by atoms with Gasteiger partial charge in [0.2, 0.25) is 10.0 Å². The van der Waals surface area contributed by atoms with E-state index in [0.29, 0.717) is 6.42 Å². The van der Waals surface area contributed by atoms with Crippen molar-refractivity contribution in [2.24, 2.45) is 11.8 Å². The van der Waals surface area contributed by atoms with Crippen LogP contribution >= 0.6 is 0 Å². The molecule has 1 aliphatic rings. The number of rotatable bonds is 7. The van der Waals surface area contributed by atoms with Crippen LogP contribution < -0.4 is 4.72 Å². The topological polar surface area (TPSA) is 83.5 Å². The molecule has 0 saturated heterocycles. The van der Waals surface area contributed by atoms with E-state index in [1.165, 1.54) is 0 Å². The van der Waals surface area contributed by atoms with Crippen molar-refractivity contribution in [3.05, 3.63) is 0 Å². The van der Waals surface area contributed by atoms with Crippen molar-refractivity contribution in [2.45, 2.75) is 45.6 Å². The monoisotopic (exact) mass is 263 g/mol. The van der Waals surface area contributed by atoms with E-state index in [4.69, 9.17) is 5.11 Å². The van der Waals surface area contributed by atoms with Crippen LogP contribution in [0.1, 0.15) is 39.5 Å². The van der Waals surface area contributed by atoms with Gasteiger partial charge in [-0.1, -0.05) is 20.3 Å². The second-order valence-electron chi connectivity index (χ2n) is 5.22. The van der Waals surface area contributed by atoms with Gasteiger partial charge in [-0.3, -0.25) is 4.79 Å². The number of carbonyl (C=O) groups is 1. The molecule has 17 heavy (non-hydrogen) atoms. The number of nitrogens with one attached hydrogen (secondary N) is 1. The Hall–Kier alpha value is -0.620. The van der Waals surface area contributed by atoms with E-state index in [9.17, 15) is 13.2 Å². The number of hydrogen-bond acceptors (Lipinski definition) is 3. The van der Waals surface area contributed by atoms with Gasteiger partial charge in [-0.2, -0.15) is 0 Å². The summed E-state index contributed by atoms with van der Waals surface area (Å²) >= 11 is 0. The maximum absolute atomic E-state index is 11.8. The second kappa shape index (κ2) is 5.82. The Morgan fingerprint density at radius 2 is 2.00 bits per heavy atom. The molecule has 1 aliphatic carbocycles. The van der Waals surface area contributed by atoms with Crippen molar-refractivity contribution in [3.8, 4) is 0 Å². The van der Waals surface area contributed by atoms with Gasteiger partial charge in [0.1, 0.15) is 6.04 Å². The molecule has 1 saturated carbocycles. The van der Waals surface area contributed by atoms with E-state index in [1.807, 2.05) is 13.8 Å². The second-order valence-corrected chi connectivity index (χ2v) is 7.02. The molecule has 0 amide bonds. The van der Waals surface area contributed by atoms with Gasteiger partial charge in [0.25, 0.3) is 0 Å². The zero-order chi connectivity index (χ0) is 13.1. The highest BCUT2D eigenvalue weighted by atomic mass is 32.2. The first-order valence-corrected chi connectivity index (χ1v) is 7.68. The molecule has 0 aromatic rings. The average molecular weight is 263 g/mol. The van der Waals surface area contributed by atoms with E-state index < -0.39 is 22.0 Å². The quantitative estimate of drug-likeness (QED) is 0.723. The minimum atomic E-state index is -3.46. The summed E-state index contributed by atoms with van der Waals surface area (Å²) in [6.07, 6.45) is 3.26. The largest absolute Gasteiger partial charge is 0.480 e. The summed E-state index contributed by atoms with van der Waals surface area (Å²) in [5.41, 5.74) is 0. The van der Waals surface area contributed by atoms with Crippen molar-refractivity contribution in [1.29, 1.82) is 0 Å². The number of hydrogen-bond donors (Lipinski definition) is 2. The molecule has 100 valence electrons. The van der Waals surface area contributed by atoms with Gasteiger partial charge in [0, 0.05) is 0 Å². The van der Waals surface area contributed by atoms with Crippen LogP contribution in [-0.2, 0) is 14.8 Å². The first-order valence-electron chi connectivity index (χ1n) is 6.03. The molecule has 0 heterocycles. The molecule has 6 heteroatoms. The zero-order valence-electron chi connectivity index (χ0n) is 10.3. The Bertz CT molecular complexity index is 360. The summed E-state index contributed by atoms with van der Waals surface area (Å²) in [4.78, 5) is 11.0. The minimum absolute atomic E-state index is 0.0644. The standard InChI is InChI=1S/C11H21NO4S/c1-8(2)6-10(11(13)14)12-17(15,16)7-9-4-3-5-9/h8-10,12H,3-7H2,1-2H3,(H,13,14)/t10-/m0/s1. The van der Waals surface area contributed by atoms with Gasteiger partial charge in [-0.15, -0.1) is 0 Å². The fourth-order valence-corrected chi connectivity index (χ4v) is 3.59. The third-order valence-electron chi connectivity index (χ3n) is 3.01. The van der Waals surface area contributed by atoms with Gasteiger partial charge >= 0.3 is 5.97 Å². The summed E-state index contributed by atoms with van der Waals surface area (Å²) in [7, 11) is -3.46. The van der Waals surface area contributed by atoms with E-state index in [0.717, 1.165) is 19.3 Å². The summed E-state index contributed by atoms with van der Waals surface area (Å²) < 4.78 is 25.8. The Labute approximate surface area is 103 Å². The number of carboxylic acids is 1. The van der Waals surface area contributed by atoms with Crippen LogP contribution in [0.4, 0.5) is 0 Å². The Kier molecular flexibility index (Phi) is 4.94. The molecule has 1 rings (SSSR count). The Morgan fingerprint density at radius 3 is 2.35 bits per heavy atom. The summed E-state index contributed by atoms with van der Waals surface area (Å²) in [6, 6.07) is -1.000. The molecule has 0 radical (unpaired) electrons. The molecule has 1 fully saturated rings. The fraction of sp³-hybridized carbons (Fsp3) is 0.909. The predicted octanol–water partition coefficient (Wildman–Crippen LogP) is 1.21. The van der Waals surface area contributed by atoms with E-state index >= 15 is 0 Å². The van der Waals surface area contributed by atoms with E-state index in [-0.39, 0.29) is 17.6 Å².